The molecule has 0 aromatic heterocycles. The van der Waals surface area contributed by atoms with Gasteiger partial charge < -0.3 is 15.5 Å². The van der Waals surface area contributed by atoms with Gasteiger partial charge in [-0.15, -0.1) is 0 Å². The van der Waals surface area contributed by atoms with Crippen molar-refractivity contribution in [1.82, 2.24) is 5.32 Å². The summed E-state index contributed by atoms with van der Waals surface area (Å²) in [6.07, 6.45) is 9.35. The van der Waals surface area contributed by atoms with Gasteiger partial charge in [-0.2, -0.15) is 0 Å². The van der Waals surface area contributed by atoms with Gasteiger partial charge in [-0.3, -0.25) is 4.79 Å². The van der Waals surface area contributed by atoms with E-state index in [-0.39, 0.29) is 22.5 Å². The summed E-state index contributed by atoms with van der Waals surface area (Å²) >= 11 is 0. The van der Waals surface area contributed by atoms with Gasteiger partial charge in [0.1, 0.15) is 0 Å². The lowest BCUT2D eigenvalue weighted by Crippen LogP contribution is -2.67. The van der Waals surface area contributed by atoms with Crippen molar-refractivity contribution in [3.05, 3.63) is 85.1 Å². The molecule has 0 unspecified atom stereocenters. The van der Waals surface area contributed by atoms with Crippen molar-refractivity contribution < 1.29 is 9.22 Å². The monoisotopic (exact) mass is 492 g/mol. The summed E-state index contributed by atoms with van der Waals surface area (Å²) in [7, 11) is -2.66. The number of nitrogens with one attached hydrogen (secondary N) is 1. The smallest absolute Gasteiger partial charge is 0.261 e. The highest BCUT2D eigenvalue weighted by atomic mass is 28.4. The number of hydrogen-bond acceptors (Lipinski definition) is 3. The molecular weight excluding hydrogens is 448 g/mol. The molecule has 0 bridgehead atoms. The zero-order chi connectivity index (χ0) is 26.1. The molecule has 2 aromatic rings. The number of rotatable bonds is 10. The normalized spacial score (nSPS) is 14.9. The number of allylic oxidation sites excluding steroid dienone is 1. The van der Waals surface area contributed by atoms with Crippen LogP contribution in [0.15, 0.2) is 85.1 Å². The van der Waals surface area contributed by atoms with E-state index < -0.39 is 14.4 Å². The van der Waals surface area contributed by atoms with Crippen LogP contribution in [0.4, 0.5) is 0 Å². The molecule has 2 rings (SSSR count). The minimum Gasteiger partial charge on any atom is -0.404 e. The molecule has 0 saturated carbocycles. The summed E-state index contributed by atoms with van der Waals surface area (Å²) in [4.78, 5) is 12.4. The summed E-state index contributed by atoms with van der Waals surface area (Å²) in [6, 6.07) is 20.8. The number of carbonyl (C=O) groups excluding carboxylic acids is 1. The fraction of sp³-hybridized carbons (Fsp3) is 0.433. The third-order valence-electron chi connectivity index (χ3n) is 6.35. The first-order valence-corrected chi connectivity index (χ1v) is 14.4. The Hall–Kier alpha value is -2.47. The van der Waals surface area contributed by atoms with Crippen LogP contribution in [0.3, 0.4) is 0 Å². The Labute approximate surface area is 213 Å². The second kappa shape index (κ2) is 12.5. The number of amides is 1. The lowest BCUT2D eigenvalue weighted by atomic mass is 9.87. The number of carbonyl (C=O) groups is 1. The second-order valence-electron chi connectivity index (χ2n) is 11.2. The zero-order valence-corrected chi connectivity index (χ0v) is 23.5. The van der Waals surface area contributed by atoms with Crippen LogP contribution in [-0.4, -0.2) is 26.4 Å². The molecule has 0 heterocycles. The van der Waals surface area contributed by atoms with Crippen molar-refractivity contribution in [2.75, 3.05) is 0 Å². The van der Waals surface area contributed by atoms with E-state index in [1.807, 2.05) is 33.8 Å². The van der Waals surface area contributed by atoms with Crippen molar-refractivity contribution in [3.63, 3.8) is 0 Å². The molecule has 35 heavy (non-hydrogen) atoms. The Morgan fingerprint density at radius 2 is 1.40 bits per heavy atom. The fourth-order valence-electron chi connectivity index (χ4n) is 4.27. The van der Waals surface area contributed by atoms with Crippen molar-refractivity contribution in [2.45, 2.75) is 78.5 Å². The molecule has 5 heteroatoms. The lowest BCUT2D eigenvalue weighted by Gasteiger charge is -2.45. The van der Waals surface area contributed by atoms with Crippen LogP contribution in [-0.2, 0) is 9.22 Å². The first kappa shape index (κ1) is 28.8. The minimum atomic E-state index is -2.66. The maximum absolute atomic E-state index is 12.4. The zero-order valence-electron chi connectivity index (χ0n) is 22.5. The molecule has 0 aliphatic heterocycles. The molecule has 2 atom stereocenters. The Morgan fingerprint density at radius 3 is 1.83 bits per heavy atom. The molecule has 0 saturated heterocycles. The van der Waals surface area contributed by atoms with E-state index in [1.54, 1.807) is 6.20 Å². The van der Waals surface area contributed by atoms with Crippen LogP contribution in [0.5, 0.6) is 0 Å². The number of hydrogen-bond donors (Lipinski definition) is 2. The maximum Gasteiger partial charge on any atom is 0.261 e. The highest BCUT2D eigenvalue weighted by molar-refractivity contribution is 6.99. The van der Waals surface area contributed by atoms with E-state index in [0.29, 0.717) is 6.42 Å². The van der Waals surface area contributed by atoms with Gasteiger partial charge in [0.15, 0.2) is 0 Å². The third-order valence-corrected chi connectivity index (χ3v) is 11.4. The van der Waals surface area contributed by atoms with Crippen molar-refractivity contribution >= 4 is 24.6 Å². The molecule has 0 aliphatic carbocycles. The molecule has 1 amide bonds. The molecule has 4 nitrogen and oxygen atoms in total. The number of nitrogens with two attached hydrogens (primary N) is 1. The largest absolute Gasteiger partial charge is 0.404 e. The van der Waals surface area contributed by atoms with Gasteiger partial charge in [-0.05, 0) is 46.8 Å². The van der Waals surface area contributed by atoms with Crippen molar-refractivity contribution in [2.24, 2.45) is 11.1 Å². The molecule has 0 radical (unpaired) electrons. The van der Waals surface area contributed by atoms with Gasteiger partial charge in [0, 0.05) is 0 Å². The van der Waals surface area contributed by atoms with Gasteiger partial charge >= 0.3 is 0 Å². The molecule has 0 fully saturated rings. The Kier molecular flexibility index (Phi) is 10.3. The van der Waals surface area contributed by atoms with E-state index in [2.05, 4.69) is 98.9 Å². The first-order chi connectivity index (χ1) is 16.4. The standard InChI is InChI=1S/C30H44N2O2Si/c1-8-9-17-24(18-16-23-32-28(33)27(31)29(2,3)4)34-35(30(5,6)7,25-19-12-10-13-20-25)26-21-14-11-15-22-26/h8-16,19-24,27H,17-18,31H2,1-7H3,(H,32,33)/t24-,27+/m0/s1. The Morgan fingerprint density at radius 1 is 0.914 bits per heavy atom. The summed E-state index contributed by atoms with van der Waals surface area (Å²) in [6.45, 7) is 14.8. The van der Waals surface area contributed by atoms with Crippen LogP contribution >= 0.6 is 0 Å². The van der Waals surface area contributed by atoms with Crippen LogP contribution in [0, 0.1) is 5.41 Å². The van der Waals surface area contributed by atoms with E-state index in [1.165, 1.54) is 10.4 Å². The maximum atomic E-state index is 12.4. The van der Waals surface area contributed by atoms with E-state index in [0.717, 1.165) is 6.42 Å². The Balaban J connectivity index is 2.39. The van der Waals surface area contributed by atoms with Gasteiger partial charge in [-0.25, -0.2) is 0 Å². The molecule has 0 spiro atoms. The predicted octanol–water partition coefficient (Wildman–Crippen LogP) is 5.29. The average Bonchev–Trinajstić information content (AvgIpc) is 2.82. The SMILES string of the molecule is CC=CC[C@@H](CC=CNC(=O)[C@@H](N)C(C)(C)C)O[Si](c1ccccc1)(c1ccccc1)C(C)(C)C. The predicted molar refractivity (Wildman–Crippen MR) is 151 cm³/mol. The Bertz CT molecular complexity index is 933. The summed E-state index contributed by atoms with van der Waals surface area (Å²) < 4.78 is 7.28. The highest BCUT2D eigenvalue weighted by Crippen LogP contribution is 2.38. The van der Waals surface area contributed by atoms with E-state index >= 15 is 0 Å². The quantitative estimate of drug-likeness (QED) is 0.350. The third kappa shape index (κ3) is 7.50. The van der Waals surface area contributed by atoms with Crippen LogP contribution in [0.25, 0.3) is 0 Å². The van der Waals surface area contributed by atoms with Gasteiger partial charge in [0.2, 0.25) is 5.91 Å². The van der Waals surface area contributed by atoms with Gasteiger partial charge in [-0.1, -0.05) is 120 Å². The summed E-state index contributed by atoms with van der Waals surface area (Å²) in [5, 5.41) is 5.28. The topological polar surface area (TPSA) is 64.4 Å². The second-order valence-corrected chi connectivity index (χ2v) is 15.5. The van der Waals surface area contributed by atoms with Crippen molar-refractivity contribution in [3.8, 4) is 0 Å². The van der Waals surface area contributed by atoms with Gasteiger partial charge in [0.05, 0.1) is 12.1 Å². The molecule has 2 aromatic carbocycles. The first-order valence-electron chi connectivity index (χ1n) is 12.5. The van der Waals surface area contributed by atoms with Crippen molar-refractivity contribution in [1.29, 1.82) is 0 Å². The molecular formula is C30H44N2O2Si. The van der Waals surface area contributed by atoms with Gasteiger partial charge in [0.25, 0.3) is 8.32 Å². The fourth-order valence-corrected chi connectivity index (χ4v) is 8.97. The summed E-state index contributed by atoms with van der Waals surface area (Å²) in [5.74, 6) is -0.174. The lowest BCUT2D eigenvalue weighted by molar-refractivity contribution is -0.123. The van der Waals surface area contributed by atoms with Crippen LogP contribution in [0.2, 0.25) is 5.04 Å². The van der Waals surface area contributed by atoms with Crippen LogP contribution < -0.4 is 21.4 Å². The highest BCUT2D eigenvalue weighted by Gasteiger charge is 2.51. The number of benzene rings is 2. The van der Waals surface area contributed by atoms with Crippen LogP contribution in [0.1, 0.15) is 61.3 Å². The van der Waals surface area contributed by atoms with E-state index in [9.17, 15) is 4.79 Å². The average molecular weight is 493 g/mol. The molecule has 190 valence electrons. The molecule has 0 aliphatic rings. The summed E-state index contributed by atoms with van der Waals surface area (Å²) in [5.41, 5.74) is 5.79. The minimum absolute atomic E-state index is 0.0399. The molecule has 3 N–H and O–H groups in total. The van der Waals surface area contributed by atoms with E-state index in [4.69, 9.17) is 10.2 Å².